The van der Waals surface area contributed by atoms with Crippen molar-refractivity contribution in [1.82, 2.24) is 0 Å². The van der Waals surface area contributed by atoms with Crippen molar-refractivity contribution in [1.29, 1.82) is 0 Å². The third kappa shape index (κ3) is 3.88. The van der Waals surface area contributed by atoms with Crippen molar-refractivity contribution in [3.8, 4) is 0 Å². The van der Waals surface area contributed by atoms with Gasteiger partial charge in [-0.15, -0.1) is 0 Å². The molecule has 0 saturated carbocycles. The van der Waals surface area contributed by atoms with E-state index in [2.05, 4.69) is 0 Å². The fourth-order valence-corrected chi connectivity index (χ4v) is 2.21. The van der Waals surface area contributed by atoms with Crippen LogP contribution in [0.2, 0.25) is 0 Å². The SMILES string of the molecule is NCCCC1OCC2OC(CCCN)OCC2O1. The number of ether oxygens (including phenoxy) is 4. The van der Waals surface area contributed by atoms with E-state index in [0.29, 0.717) is 26.3 Å². The molecular formula is C12H24N2O4. The van der Waals surface area contributed by atoms with Crippen LogP contribution in [0.25, 0.3) is 0 Å². The first-order chi connectivity index (χ1) is 8.83. The van der Waals surface area contributed by atoms with Gasteiger partial charge in [0.1, 0.15) is 12.2 Å². The van der Waals surface area contributed by atoms with Gasteiger partial charge in [0, 0.05) is 0 Å². The molecule has 2 saturated heterocycles. The Labute approximate surface area is 108 Å². The molecule has 2 fully saturated rings. The standard InChI is InChI=1S/C12H24N2O4/c13-5-1-3-11-15-7-10-9(17-11)8-16-12(18-10)4-2-6-14/h9-12H,1-8,13-14H2. The van der Waals surface area contributed by atoms with Crippen molar-refractivity contribution in [2.24, 2.45) is 11.5 Å². The third-order valence-corrected chi connectivity index (χ3v) is 3.25. The second kappa shape index (κ2) is 7.37. The Hall–Kier alpha value is -0.240. The first-order valence-corrected chi connectivity index (χ1v) is 6.77. The molecule has 4 atom stereocenters. The smallest absolute Gasteiger partial charge is 0.158 e. The van der Waals surface area contributed by atoms with Crippen molar-refractivity contribution in [2.45, 2.75) is 50.5 Å². The molecule has 0 aliphatic carbocycles. The second-order valence-corrected chi connectivity index (χ2v) is 4.74. The molecule has 18 heavy (non-hydrogen) atoms. The quantitative estimate of drug-likeness (QED) is 0.696. The molecular weight excluding hydrogens is 236 g/mol. The number of hydrogen-bond donors (Lipinski definition) is 2. The fraction of sp³-hybridized carbons (Fsp3) is 1.00. The summed E-state index contributed by atoms with van der Waals surface area (Å²) in [6.07, 6.45) is 3.11. The van der Waals surface area contributed by atoms with E-state index in [9.17, 15) is 0 Å². The summed E-state index contributed by atoms with van der Waals surface area (Å²) < 4.78 is 22.8. The van der Waals surface area contributed by atoms with Gasteiger partial charge in [-0.2, -0.15) is 0 Å². The van der Waals surface area contributed by atoms with E-state index in [1.807, 2.05) is 0 Å². The summed E-state index contributed by atoms with van der Waals surface area (Å²) in [5.41, 5.74) is 10.9. The molecule has 2 rings (SSSR count). The summed E-state index contributed by atoms with van der Waals surface area (Å²) in [7, 11) is 0. The molecule has 2 aliphatic rings. The summed E-state index contributed by atoms with van der Waals surface area (Å²) in [6.45, 7) is 2.46. The lowest BCUT2D eigenvalue weighted by Gasteiger charge is -2.41. The molecule has 4 N–H and O–H groups in total. The van der Waals surface area contributed by atoms with E-state index in [1.165, 1.54) is 0 Å². The molecule has 0 aromatic heterocycles. The van der Waals surface area contributed by atoms with Gasteiger partial charge in [-0.1, -0.05) is 0 Å². The van der Waals surface area contributed by atoms with Gasteiger partial charge in [0.15, 0.2) is 12.6 Å². The number of nitrogens with two attached hydrogens (primary N) is 2. The molecule has 0 bridgehead atoms. The van der Waals surface area contributed by atoms with Gasteiger partial charge in [-0.05, 0) is 38.8 Å². The topological polar surface area (TPSA) is 89.0 Å². The lowest BCUT2D eigenvalue weighted by molar-refractivity contribution is -0.337. The van der Waals surface area contributed by atoms with Crippen molar-refractivity contribution in [3.05, 3.63) is 0 Å². The first-order valence-electron chi connectivity index (χ1n) is 6.77. The van der Waals surface area contributed by atoms with Crippen LogP contribution in [0.3, 0.4) is 0 Å². The molecule has 0 spiro atoms. The van der Waals surface area contributed by atoms with Crippen LogP contribution in [-0.2, 0) is 18.9 Å². The average Bonchev–Trinajstić information content (AvgIpc) is 2.42. The van der Waals surface area contributed by atoms with Crippen molar-refractivity contribution in [3.63, 3.8) is 0 Å². The van der Waals surface area contributed by atoms with Gasteiger partial charge >= 0.3 is 0 Å². The largest absolute Gasteiger partial charge is 0.350 e. The van der Waals surface area contributed by atoms with Crippen LogP contribution in [0.15, 0.2) is 0 Å². The van der Waals surface area contributed by atoms with E-state index >= 15 is 0 Å². The Kier molecular flexibility index (Phi) is 5.81. The lowest BCUT2D eigenvalue weighted by atomic mass is 10.1. The summed E-state index contributed by atoms with van der Waals surface area (Å²) in [5.74, 6) is 0. The molecule has 0 aromatic rings. The Balaban J connectivity index is 1.73. The van der Waals surface area contributed by atoms with Crippen LogP contribution in [0, 0.1) is 0 Å². The highest BCUT2D eigenvalue weighted by Gasteiger charge is 2.38. The van der Waals surface area contributed by atoms with E-state index < -0.39 is 0 Å². The van der Waals surface area contributed by atoms with Crippen LogP contribution < -0.4 is 11.5 Å². The minimum Gasteiger partial charge on any atom is -0.350 e. The van der Waals surface area contributed by atoms with Gasteiger partial charge in [0.2, 0.25) is 0 Å². The zero-order chi connectivity index (χ0) is 12.8. The van der Waals surface area contributed by atoms with Crippen LogP contribution in [0.5, 0.6) is 0 Å². The number of fused-ring (bicyclic) bond motifs is 1. The van der Waals surface area contributed by atoms with Crippen LogP contribution >= 0.6 is 0 Å². The van der Waals surface area contributed by atoms with Gasteiger partial charge in [-0.3, -0.25) is 0 Å². The van der Waals surface area contributed by atoms with Crippen LogP contribution in [0.4, 0.5) is 0 Å². The van der Waals surface area contributed by atoms with E-state index in [-0.39, 0.29) is 24.8 Å². The minimum atomic E-state index is -0.164. The van der Waals surface area contributed by atoms with Crippen LogP contribution in [-0.4, -0.2) is 51.1 Å². The van der Waals surface area contributed by atoms with Crippen molar-refractivity contribution >= 4 is 0 Å². The van der Waals surface area contributed by atoms with E-state index in [4.69, 9.17) is 30.4 Å². The lowest BCUT2D eigenvalue weighted by Crippen LogP contribution is -2.53. The van der Waals surface area contributed by atoms with E-state index in [0.717, 1.165) is 25.7 Å². The van der Waals surface area contributed by atoms with Gasteiger partial charge in [0.25, 0.3) is 0 Å². The van der Waals surface area contributed by atoms with Crippen LogP contribution in [0.1, 0.15) is 25.7 Å². The molecule has 6 nitrogen and oxygen atoms in total. The highest BCUT2D eigenvalue weighted by molar-refractivity contribution is 4.79. The van der Waals surface area contributed by atoms with Gasteiger partial charge in [0.05, 0.1) is 13.2 Å². The van der Waals surface area contributed by atoms with Crippen molar-refractivity contribution in [2.75, 3.05) is 26.3 Å². The normalized spacial score (nSPS) is 36.3. The highest BCUT2D eigenvalue weighted by Crippen LogP contribution is 2.25. The monoisotopic (exact) mass is 260 g/mol. The maximum Gasteiger partial charge on any atom is 0.158 e. The Morgan fingerprint density at radius 2 is 1.22 bits per heavy atom. The Morgan fingerprint density at radius 3 is 1.61 bits per heavy atom. The maximum atomic E-state index is 5.79. The third-order valence-electron chi connectivity index (χ3n) is 3.25. The molecule has 0 amide bonds. The van der Waals surface area contributed by atoms with E-state index in [1.54, 1.807) is 0 Å². The second-order valence-electron chi connectivity index (χ2n) is 4.74. The Bertz CT molecular complexity index is 218. The molecule has 4 unspecified atom stereocenters. The minimum absolute atomic E-state index is 0.0179. The summed E-state index contributed by atoms with van der Waals surface area (Å²) in [6, 6.07) is 0. The predicted molar refractivity (Wildman–Crippen MR) is 65.8 cm³/mol. The zero-order valence-electron chi connectivity index (χ0n) is 10.8. The summed E-state index contributed by atoms with van der Waals surface area (Å²) in [4.78, 5) is 0. The summed E-state index contributed by atoms with van der Waals surface area (Å²) in [5, 5.41) is 0. The fourth-order valence-electron chi connectivity index (χ4n) is 2.21. The Morgan fingerprint density at radius 1 is 0.778 bits per heavy atom. The molecule has 0 aromatic carbocycles. The predicted octanol–water partition coefficient (Wildman–Crippen LogP) is -0.0528. The highest BCUT2D eigenvalue weighted by atomic mass is 16.8. The van der Waals surface area contributed by atoms with Gasteiger partial charge in [-0.25, -0.2) is 0 Å². The van der Waals surface area contributed by atoms with Crippen molar-refractivity contribution < 1.29 is 18.9 Å². The molecule has 0 radical (unpaired) electrons. The number of rotatable bonds is 6. The molecule has 2 aliphatic heterocycles. The van der Waals surface area contributed by atoms with Gasteiger partial charge < -0.3 is 30.4 Å². The molecule has 6 heteroatoms. The zero-order valence-corrected chi connectivity index (χ0v) is 10.8. The summed E-state index contributed by atoms with van der Waals surface area (Å²) >= 11 is 0. The average molecular weight is 260 g/mol. The molecule has 106 valence electrons. The first kappa shape index (κ1) is 14.2. The maximum absolute atomic E-state index is 5.79. The molecule has 2 heterocycles. The number of hydrogen-bond acceptors (Lipinski definition) is 6.